The van der Waals surface area contributed by atoms with Crippen LogP contribution in [0.25, 0.3) is 0 Å². The maximum absolute atomic E-state index is 12.6. The van der Waals surface area contributed by atoms with E-state index >= 15 is 0 Å². The molecule has 0 saturated heterocycles. The molecular formula is C21H24N2O6S2. The molecule has 0 saturated carbocycles. The van der Waals surface area contributed by atoms with Gasteiger partial charge in [-0.25, -0.2) is 13.2 Å². The third-order valence-electron chi connectivity index (χ3n) is 4.95. The Balaban J connectivity index is 1.82. The summed E-state index contributed by atoms with van der Waals surface area (Å²) < 4.78 is 28.3. The second-order valence-electron chi connectivity index (χ2n) is 7.26. The van der Waals surface area contributed by atoms with Gasteiger partial charge in [0, 0.05) is 24.6 Å². The first kappa shape index (κ1) is 23.0. The summed E-state index contributed by atoms with van der Waals surface area (Å²) in [5.41, 5.74) is 1.81. The molecule has 166 valence electrons. The van der Waals surface area contributed by atoms with Gasteiger partial charge in [0.05, 0.1) is 30.0 Å². The fraction of sp³-hybridized carbons (Fsp3) is 0.381. The lowest BCUT2D eigenvalue weighted by Gasteiger charge is -2.25. The molecule has 0 fully saturated rings. The van der Waals surface area contributed by atoms with E-state index in [1.807, 2.05) is 0 Å². The predicted molar refractivity (Wildman–Crippen MR) is 117 cm³/mol. The highest BCUT2D eigenvalue weighted by atomic mass is 32.2. The normalized spacial score (nSPS) is 13.5. The van der Waals surface area contributed by atoms with Gasteiger partial charge in [0.25, 0.3) is 0 Å². The summed E-state index contributed by atoms with van der Waals surface area (Å²) in [6.45, 7) is 4.33. The van der Waals surface area contributed by atoms with Crippen molar-refractivity contribution in [3.8, 4) is 0 Å². The zero-order chi connectivity index (χ0) is 22.8. The second kappa shape index (κ2) is 9.19. The van der Waals surface area contributed by atoms with Crippen LogP contribution in [0.5, 0.6) is 0 Å². The first-order chi connectivity index (χ1) is 14.6. The molecule has 8 nitrogen and oxygen atoms in total. The van der Waals surface area contributed by atoms with Crippen molar-refractivity contribution in [2.24, 2.45) is 0 Å². The molecule has 0 atom stereocenters. The Kier molecular flexibility index (Phi) is 6.80. The minimum Gasteiger partial charge on any atom is -0.462 e. The van der Waals surface area contributed by atoms with Gasteiger partial charge in [-0.05, 0) is 36.6 Å². The number of ether oxygens (including phenoxy) is 1. The van der Waals surface area contributed by atoms with Crippen LogP contribution in [0.4, 0.5) is 5.00 Å². The number of nitrogens with zero attached hydrogens (tertiary/aromatic N) is 1. The van der Waals surface area contributed by atoms with Crippen molar-refractivity contribution < 1.29 is 27.5 Å². The van der Waals surface area contributed by atoms with Crippen LogP contribution in [-0.4, -0.2) is 50.5 Å². The van der Waals surface area contributed by atoms with Gasteiger partial charge in [0.2, 0.25) is 11.8 Å². The van der Waals surface area contributed by atoms with Crippen molar-refractivity contribution in [1.82, 2.24) is 4.90 Å². The molecule has 2 heterocycles. The summed E-state index contributed by atoms with van der Waals surface area (Å²) >= 11 is 1.28. The van der Waals surface area contributed by atoms with Gasteiger partial charge in [-0.3, -0.25) is 9.59 Å². The highest BCUT2D eigenvalue weighted by Gasteiger charge is 2.30. The zero-order valence-corrected chi connectivity index (χ0v) is 19.2. The van der Waals surface area contributed by atoms with E-state index in [0.717, 1.165) is 16.7 Å². The van der Waals surface area contributed by atoms with Gasteiger partial charge in [-0.1, -0.05) is 12.1 Å². The average molecular weight is 465 g/mol. The average Bonchev–Trinajstić information content (AvgIpc) is 3.04. The summed E-state index contributed by atoms with van der Waals surface area (Å²) in [4.78, 5) is 39.7. The molecular weight excluding hydrogens is 440 g/mol. The van der Waals surface area contributed by atoms with Crippen LogP contribution in [0.2, 0.25) is 0 Å². The van der Waals surface area contributed by atoms with E-state index in [2.05, 4.69) is 5.32 Å². The number of sulfone groups is 1. The lowest BCUT2D eigenvalue weighted by atomic mass is 10.0. The molecule has 31 heavy (non-hydrogen) atoms. The predicted octanol–water partition coefficient (Wildman–Crippen LogP) is 2.41. The molecule has 0 radical (unpaired) electrons. The topological polar surface area (TPSA) is 110 Å². The van der Waals surface area contributed by atoms with E-state index in [1.54, 1.807) is 24.0 Å². The van der Waals surface area contributed by atoms with Crippen LogP contribution < -0.4 is 5.32 Å². The first-order valence-electron chi connectivity index (χ1n) is 9.76. The number of fused-ring (bicyclic) bond motifs is 1. The van der Waals surface area contributed by atoms with E-state index in [-0.39, 0.29) is 29.7 Å². The Morgan fingerprint density at radius 3 is 2.45 bits per heavy atom. The number of anilines is 1. The molecule has 2 amide bonds. The molecule has 1 aromatic heterocycles. The minimum absolute atomic E-state index is 0.0223. The van der Waals surface area contributed by atoms with E-state index in [4.69, 9.17) is 4.74 Å². The summed E-state index contributed by atoms with van der Waals surface area (Å²) in [6, 6.07) is 6.10. The summed E-state index contributed by atoms with van der Waals surface area (Å²) in [7, 11) is -3.31. The highest BCUT2D eigenvalue weighted by molar-refractivity contribution is 7.90. The number of amides is 2. The fourth-order valence-corrected chi connectivity index (χ4v) is 5.29. The Morgan fingerprint density at radius 1 is 1.19 bits per heavy atom. The molecule has 0 aliphatic carbocycles. The Hall–Kier alpha value is -2.72. The number of rotatable bonds is 6. The quantitative estimate of drug-likeness (QED) is 0.658. The van der Waals surface area contributed by atoms with Gasteiger partial charge >= 0.3 is 5.97 Å². The molecule has 0 unspecified atom stereocenters. The van der Waals surface area contributed by atoms with Gasteiger partial charge < -0.3 is 15.0 Å². The van der Waals surface area contributed by atoms with Crippen LogP contribution in [0, 0.1) is 0 Å². The van der Waals surface area contributed by atoms with Crippen molar-refractivity contribution in [3.05, 3.63) is 45.8 Å². The number of carbonyl (C=O) groups is 3. The molecule has 2 aromatic rings. The smallest absolute Gasteiger partial charge is 0.341 e. The van der Waals surface area contributed by atoms with Crippen LogP contribution in [0.1, 0.15) is 40.2 Å². The first-order valence-corrected chi connectivity index (χ1v) is 12.5. The lowest BCUT2D eigenvalue weighted by molar-refractivity contribution is -0.129. The fourth-order valence-electron chi connectivity index (χ4n) is 3.39. The number of thiophene rings is 1. The SMILES string of the molecule is CCOC(=O)c1c(NC(=O)Cc2ccc(S(C)(=O)=O)cc2)sc2c1CCN(C(C)=O)C2. The maximum Gasteiger partial charge on any atom is 0.341 e. The van der Waals surface area contributed by atoms with Gasteiger partial charge in [0.1, 0.15) is 5.00 Å². The largest absolute Gasteiger partial charge is 0.462 e. The minimum atomic E-state index is -3.31. The van der Waals surface area contributed by atoms with Crippen LogP contribution in [-0.2, 0) is 43.5 Å². The van der Waals surface area contributed by atoms with Crippen molar-refractivity contribution in [2.75, 3.05) is 24.7 Å². The molecule has 1 aliphatic rings. The molecule has 0 spiro atoms. The van der Waals surface area contributed by atoms with Crippen molar-refractivity contribution in [2.45, 2.75) is 38.1 Å². The monoisotopic (exact) mass is 464 g/mol. The van der Waals surface area contributed by atoms with Crippen molar-refractivity contribution in [3.63, 3.8) is 0 Å². The van der Waals surface area contributed by atoms with Gasteiger partial charge in [-0.15, -0.1) is 11.3 Å². The van der Waals surface area contributed by atoms with Crippen LogP contribution in [0.15, 0.2) is 29.2 Å². The molecule has 3 rings (SSSR count). The van der Waals surface area contributed by atoms with E-state index in [1.165, 1.54) is 30.4 Å². The number of carbonyl (C=O) groups excluding carboxylic acids is 3. The highest BCUT2D eigenvalue weighted by Crippen LogP contribution is 2.37. The number of hydrogen-bond acceptors (Lipinski definition) is 7. The van der Waals surface area contributed by atoms with E-state index in [0.29, 0.717) is 35.6 Å². The molecule has 0 bridgehead atoms. The Bertz CT molecular complexity index is 1120. The molecule has 1 N–H and O–H groups in total. The van der Waals surface area contributed by atoms with E-state index < -0.39 is 15.8 Å². The van der Waals surface area contributed by atoms with Crippen LogP contribution >= 0.6 is 11.3 Å². The van der Waals surface area contributed by atoms with Crippen molar-refractivity contribution >= 4 is 44.0 Å². The third-order valence-corrected chi connectivity index (χ3v) is 7.21. The number of benzene rings is 1. The van der Waals surface area contributed by atoms with Gasteiger partial charge in [-0.2, -0.15) is 0 Å². The summed E-state index contributed by atoms with van der Waals surface area (Å²) in [5, 5.41) is 3.21. The molecule has 10 heteroatoms. The molecule has 1 aromatic carbocycles. The van der Waals surface area contributed by atoms with Crippen molar-refractivity contribution in [1.29, 1.82) is 0 Å². The number of nitrogens with one attached hydrogen (secondary N) is 1. The third kappa shape index (κ3) is 5.31. The maximum atomic E-state index is 12.6. The number of esters is 1. The van der Waals surface area contributed by atoms with Gasteiger partial charge in [0.15, 0.2) is 9.84 Å². The standard InChI is InChI=1S/C21H24N2O6S2/c1-4-29-21(26)19-16-9-10-23(13(2)24)12-17(16)30-20(19)22-18(25)11-14-5-7-15(8-6-14)31(3,27)28/h5-8H,4,9-12H2,1-3H3,(H,22,25). The zero-order valence-electron chi connectivity index (χ0n) is 17.6. The second-order valence-corrected chi connectivity index (χ2v) is 10.4. The Morgan fingerprint density at radius 2 is 1.87 bits per heavy atom. The molecule has 1 aliphatic heterocycles. The number of hydrogen-bond donors (Lipinski definition) is 1. The summed E-state index contributed by atoms with van der Waals surface area (Å²) in [5.74, 6) is -0.872. The van der Waals surface area contributed by atoms with E-state index in [9.17, 15) is 22.8 Å². The van der Waals surface area contributed by atoms with Crippen LogP contribution in [0.3, 0.4) is 0 Å². The summed E-state index contributed by atoms with van der Waals surface area (Å²) in [6.07, 6.45) is 1.66. The Labute approximate surface area is 185 Å². The lowest BCUT2D eigenvalue weighted by Crippen LogP contribution is -2.34.